The number of ether oxygens (including phenoxy) is 1. The van der Waals surface area contributed by atoms with Gasteiger partial charge in [-0.1, -0.05) is 11.8 Å². The second kappa shape index (κ2) is 7.21. The minimum Gasteiger partial charge on any atom is -0.378 e. The molecule has 6 rings (SSSR count). The predicted octanol–water partition coefficient (Wildman–Crippen LogP) is 4.89. The van der Waals surface area contributed by atoms with Crippen molar-refractivity contribution in [1.29, 1.82) is 0 Å². The molecule has 2 saturated heterocycles. The molecular formula is C22H23N5OS2. The number of piperidine rings is 1. The molecule has 0 unspecified atom stereocenters. The van der Waals surface area contributed by atoms with Gasteiger partial charge >= 0.3 is 0 Å². The Morgan fingerprint density at radius 1 is 1.13 bits per heavy atom. The van der Waals surface area contributed by atoms with Crippen molar-refractivity contribution >= 4 is 44.9 Å². The van der Waals surface area contributed by atoms with E-state index in [4.69, 9.17) is 9.72 Å². The van der Waals surface area contributed by atoms with Gasteiger partial charge in [-0.2, -0.15) is 0 Å². The molecule has 4 aromatic rings. The van der Waals surface area contributed by atoms with Crippen LogP contribution in [0.2, 0.25) is 0 Å². The first-order valence-corrected chi connectivity index (χ1v) is 12.1. The average molecular weight is 438 g/mol. The van der Waals surface area contributed by atoms with Gasteiger partial charge in [-0.15, -0.1) is 11.3 Å². The molecule has 30 heavy (non-hydrogen) atoms. The van der Waals surface area contributed by atoms with Gasteiger partial charge in [0.2, 0.25) is 5.95 Å². The highest BCUT2D eigenvalue weighted by Crippen LogP contribution is 2.43. The van der Waals surface area contributed by atoms with E-state index in [-0.39, 0.29) is 0 Å². The molecule has 2 aliphatic heterocycles. The molecule has 0 aromatic carbocycles. The third kappa shape index (κ3) is 3.09. The first kappa shape index (κ1) is 18.6. The largest absolute Gasteiger partial charge is 0.378 e. The van der Waals surface area contributed by atoms with Gasteiger partial charge in [-0.25, -0.2) is 9.97 Å². The van der Waals surface area contributed by atoms with Crippen LogP contribution in [0.3, 0.4) is 0 Å². The summed E-state index contributed by atoms with van der Waals surface area (Å²) in [4.78, 5) is 18.7. The minimum absolute atomic E-state index is 0.368. The van der Waals surface area contributed by atoms with Gasteiger partial charge in [0, 0.05) is 42.8 Å². The summed E-state index contributed by atoms with van der Waals surface area (Å²) in [6.45, 7) is 5.14. The Morgan fingerprint density at radius 2 is 2.03 bits per heavy atom. The lowest BCUT2D eigenvalue weighted by Crippen LogP contribution is -2.41. The van der Waals surface area contributed by atoms with Crippen molar-refractivity contribution in [2.45, 2.75) is 42.1 Å². The molecule has 4 aromatic heterocycles. The van der Waals surface area contributed by atoms with Crippen molar-refractivity contribution in [1.82, 2.24) is 19.4 Å². The van der Waals surface area contributed by atoms with Crippen molar-refractivity contribution in [2.24, 2.45) is 5.41 Å². The van der Waals surface area contributed by atoms with E-state index in [0.29, 0.717) is 11.5 Å². The van der Waals surface area contributed by atoms with Gasteiger partial charge < -0.3 is 9.64 Å². The molecule has 8 heteroatoms. The normalized spacial score (nSPS) is 21.2. The van der Waals surface area contributed by atoms with Crippen LogP contribution in [0.15, 0.2) is 52.1 Å². The van der Waals surface area contributed by atoms with Crippen molar-refractivity contribution in [3.8, 4) is 0 Å². The van der Waals surface area contributed by atoms with E-state index < -0.39 is 0 Å². The summed E-state index contributed by atoms with van der Waals surface area (Å²) in [5, 5.41) is 2.09. The van der Waals surface area contributed by atoms with Crippen LogP contribution in [0.25, 0.3) is 15.9 Å². The van der Waals surface area contributed by atoms with E-state index in [1.165, 1.54) is 28.9 Å². The Labute approximate surface area is 183 Å². The zero-order valence-corrected chi connectivity index (χ0v) is 18.5. The lowest BCUT2D eigenvalue weighted by atomic mass is 9.77. The lowest BCUT2D eigenvalue weighted by molar-refractivity contribution is 0.0975. The standard InChI is InChI=1S/C22H23N5OS2/c1-15-12-22(14-28-15)4-8-26(9-5-22)21-25-13-18(20-24-7-10-27(20)21)30-17-2-6-23-16-3-11-29-19(16)17/h2-3,6-7,10-11,13,15H,4-5,8-9,12,14H2,1H3/t15-/m0/s1. The summed E-state index contributed by atoms with van der Waals surface area (Å²) >= 11 is 3.44. The molecular weight excluding hydrogens is 414 g/mol. The van der Waals surface area contributed by atoms with Gasteiger partial charge in [0.25, 0.3) is 0 Å². The number of hydrogen-bond donors (Lipinski definition) is 0. The van der Waals surface area contributed by atoms with Crippen LogP contribution in [-0.4, -0.2) is 45.2 Å². The van der Waals surface area contributed by atoms with E-state index in [0.717, 1.165) is 41.7 Å². The first-order valence-electron chi connectivity index (χ1n) is 10.4. The van der Waals surface area contributed by atoms with Crippen LogP contribution < -0.4 is 4.90 Å². The summed E-state index contributed by atoms with van der Waals surface area (Å²) in [7, 11) is 0. The van der Waals surface area contributed by atoms with Gasteiger partial charge in [-0.05, 0) is 49.1 Å². The van der Waals surface area contributed by atoms with Gasteiger partial charge in [0.1, 0.15) is 0 Å². The topological polar surface area (TPSA) is 55.6 Å². The third-order valence-corrected chi connectivity index (χ3v) is 8.54. The van der Waals surface area contributed by atoms with Gasteiger partial charge in [0.15, 0.2) is 5.65 Å². The summed E-state index contributed by atoms with van der Waals surface area (Å²) in [6, 6.07) is 4.14. The zero-order valence-electron chi connectivity index (χ0n) is 16.8. The van der Waals surface area contributed by atoms with E-state index >= 15 is 0 Å². The zero-order chi connectivity index (χ0) is 20.1. The van der Waals surface area contributed by atoms with Crippen LogP contribution in [0.5, 0.6) is 0 Å². The fraction of sp³-hybridized carbons (Fsp3) is 0.409. The molecule has 2 aliphatic rings. The number of pyridine rings is 1. The maximum absolute atomic E-state index is 5.89. The van der Waals surface area contributed by atoms with Gasteiger partial charge in [0.05, 0.1) is 27.8 Å². The maximum atomic E-state index is 5.89. The molecule has 0 amide bonds. The second-order valence-electron chi connectivity index (χ2n) is 8.40. The fourth-order valence-electron chi connectivity index (χ4n) is 4.81. The average Bonchev–Trinajstić information content (AvgIpc) is 3.50. The first-order chi connectivity index (χ1) is 14.7. The predicted molar refractivity (Wildman–Crippen MR) is 121 cm³/mol. The summed E-state index contributed by atoms with van der Waals surface area (Å²) in [5.74, 6) is 0.990. The molecule has 0 aliphatic carbocycles. The fourth-order valence-corrected chi connectivity index (χ4v) is 6.75. The number of nitrogens with zero attached hydrogens (tertiary/aromatic N) is 5. The number of thiophene rings is 1. The van der Waals surface area contributed by atoms with Crippen molar-refractivity contribution in [3.05, 3.63) is 42.3 Å². The molecule has 1 atom stereocenters. The molecule has 6 heterocycles. The second-order valence-corrected chi connectivity index (χ2v) is 10.4. The van der Waals surface area contributed by atoms with Crippen molar-refractivity contribution < 1.29 is 4.74 Å². The highest BCUT2D eigenvalue weighted by molar-refractivity contribution is 8.00. The molecule has 2 fully saturated rings. The quantitative estimate of drug-likeness (QED) is 0.455. The molecule has 0 saturated carbocycles. The Kier molecular flexibility index (Phi) is 4.47. The van der Waals surface area contributed by atoms with E-state index in [1.54, 1.807) is 23.1 Å². The number of imidazole rings is 1. The van der Waals surface area contributed by atoms with Crippen LogP contribution in [0.4, 0.5) is 5.95 Å². The Morgan fingerprint density at radius 3 is 2.87 bits per heavy atom. The lowest BCUT2D eigenvalue weighted by Gasteiger charge is -2.39. The SMILES string of the molecule is C[C@H]1CC2(CCN(c3ncc(Sc4ccnc5ccsc45)c4nccn34)CC2)CO1. The van der Waals surface area contributed by atoms with Gasteiger partial charge in [-0.3, -0.25) is 9.38 Å². The summed E-state index contributed by atoms with van der Waals surface area (Å²) < 4.78 is 9.24. The van der Waals surface area contributed by atoms with Crippen LogP contribution in [-0.2, 0) is 4.74 Å². The molecule has 0 bridgehead atoms. The molecule has 154 valence electrons. The monoisotopic (exact) mass is 437 g/mol. The molecule has 0 N–H and O–H groups in total. The number of hydrogen-bond acceptors (Lipinski definition) is 7. The highest BCUT2D eigenvalue weighted by Gasteiger charge is 2.41. The third-order valence-electron chi connectivity index (χ3n) is 6.40. The Hall–Kier alpha value is -2.16. The maximum Gasteiger partial charge on any atom is 0.211 e. The smallest absolute Gasteiger partial charge is 0.211 e. The minimum atomic E-state index is 0.368. The summed E-state index contributed by atoms with van der Waals surface area (Å²) in [5.41, 5.74) is 2.37. The van der Waals surface area contributed by atoms with E-state index in [9.17, 15) is 0 Å². The van der Waals surface area contributed by atoms with Crippen LogP contribution in [0.1, 0.15) is 26.2 Å². The van der Waals surface area contributed by atoms with Crippen LogP contribution >= 0.6 is 23.1 Å². The number of fused-ring (bicyclic) bond motifs is 2. The van der Waals surface area contributed by atoms with Crippen molar-refractivity contribution in [2.75, 3.05) is 24.6 Å². The number of anilines is 1. The Balaban J connectivity index is 1.29. The molecule has 6 nitrogen and oxygen atoms in total. The van der Waals surface area contributed by atoms with E-state index in [1.807, 2.05) is 24.8 Å². The Bertz CT molecular complexity index is 1210. The molecule has 1 spiro atoms. The van der Waals surface area contributed by atoms with Crippen molar-refractivity contribution in [3.63, 3.8) is 0 Å². The van der Waals surface area contributed by atoms with Crippen LogP contribution in [0, 0.1) is 5.41 Å². The molecule has 0 radical (unpaired) electrons. The highest BCUT2D eigenvalue weighted by atomic mass is 32.2. The number of aromatic nitrogens is 4. The summed E-state index contributed by atoms with van der Waals surface area (Å²) in [6.07, 6.45) is 11.7. The number of rotatable bonds is 3. The van der Waals surface area contributed by atoms with E-state index in [2.05, 4.69) is 43.7 Å².